The molecule has 0 radical (unpaired) electrons. The van der Waals surface area contributed by atoms with Crippen LogP contribution in [0.4, 0.5) is 0 Å². The number of nitrogens with zero attached hydrogens (tertiary/aromatic N) is 1. The molecule has 1 heterocycles. The van der Waals surface area contributed by atoms with Crippen molar-refractivity contribution < 1.29 is 9.90 Å². The van der Waals surface area contributed by atoms with E-state index in [2.05, 4.69) is 16.9 Å². The number of hydrogen-bond donors (Lipinski definition) is 2. The number of nitrogens with one attached hydrogen (secondary N) is 1. The van der Waals surface area contributed by atoms with Crippen molar-refractivity contribution in [2.24, 2.45) is 0 Å². The van der Waals surface area contributed by atoms with E-state index in [4.69, 9.17) is 5.11 Å². The summed E-state index contributed by atoms with van der Waals surface area (Å²) in [6, 6.07) is 5.04. The maximum absolute atomic E-state index is 11.0. The third-order valence-electron chi connectivity index (χ3n) is 4.55. The molecular formula is C20H30N2O2. The van der Waals surface area contributed by atoms with Crippen LogP contribution in [0.25, 0.3) is 11.0 Å². The lowest BCUT2D eigenvalue weighted by Gasteiger charge is -2.01. The van der Waals surface area contributed by atoms with E-state index >= 15 is 0 Å². The quantitative estimate of drug-likeness (QED) is 0.489. The van der Waals surface area contributed by atoms with Gasteiger partial charge in [0.25, 0.3) is 0 Å². The zero-order chi connectivity index (χ0) is 17.2. The van der Waals surface area contributed by atoms with Gasteiger partial charge in [0.2, 0.25) is 0 Å². The molecule has 0 spiro atoms. The number of carboxylic acid groups (broad SMARTS) is 1. The van der Waals surface area contributed by atoms with Crippen LogP contribution in [0.15, 0.2) is 18.2 Å². The molecule has 0 aliphatic rings. The van der Waals surface area contributed by atoms with E-state index in [-0.39, 0.29) is 0 Å². The van der Waals surface area contributed by atoms with Gasteiger partial charge in [0.1, 0.15) is 5.82 Å². The van der Waals surface area contributed by atoms with Gasteiger partial charge in [-0.2, -0.15) is 0 Å². The summed E-state index contributed by atoms with van der Waals surface area (Å²) >= 11 is 0. The molecule has 4 heteroatoms. The minimum absolute atomic E-state index is 0.302. The fraction of sp³-hybridized carbons (Fsp3) is 0.600. The second-order valence-electron chi connectivity index (χ2n) is 6.65. The molecule has 0 bridgehead atoms. The van der Waals surface area contributed by atoms with E-state index in [0.29, 0.717) is 5.56 Å². The van der Waals surface area contributed by atoms with Gasteiger partial charge in [-0.25, -0.2) is 9.78 Å². The Kier molecular flexibility index (Phi) is 7.80. The van der Waals surface area contributed by atoms with Crippen molar-refractivity contribution in [2.75, 3.05) is 0 Å². The van der Waals surface area contributed by atoms with Gasteiger partial charge in [0.15, 0.2) is 0 Å². The number of unbranched alkanes of at least 4 members (excludes halogenated alkanes) is 9. The van der Waals surface area contributed by atoms with Gasteiger partial charge in [0, 0.05) is 6.42 Å². The fourth-order valence-corrected chi connectivity index (χ4v) is 3.09. The van der Waals surface area contributed by atoms with Gasteiger partial charge in [-0.3, -0.25) is 0 Å². The molecule has 24 heavy (non-hydrogen) atoms. The average Bonchev–Trinajstić information content (AvgIpc) is 2.98. The number of aryl methyl sites for hydroxylation is 1. The van der Waals surface area contributed by atoms with Crippen LogP contribution in [-0.4, -0.2) is 21.0 Å². The number of H-pyrrole nitrogens is 1. The molecule has 0 saturated heterocycles. The first kappa shape index (κ1) is 18.5. The van der Waals surface area contributed by atoms with Gasteiger partial charge in [-0.15, -0.1) is 0 Å². The normalized spacial score (nSPS) is 11.2. The van der Waals surface area contributed by atoms with Crippen LogP contribution in [0.1, 0.15) is 87.3 Å². The highest BCUT2D eigenvalue weighted by molar-refractivity contribution is 5.92. The second kappa shape index (κ2) is 10.1. The number of aromatic carboxylic acids is 1. The number of aromatic nitrogens is 2. The highest BCUT2D eigenvalue weighted by Crippen LogP contribution is 2.16. The van der Waals surface area contributed by atoms with E-state index in [1.54, 1.807) is 18.2 Å². The molecule has 0 aliphatic carbocycles. The Hall–Kier alpha value is -1.84. The predicted molar refractivity (Wildman–Crippen MR) is 98.6 cm³/mol. The lowest BCUT2D eigenvalue weighted by atomic mass is 10.1. The summed E-state index contributed by atoms with van der Waals surface area (Å²) < 4.78 is 0. The first-order valence-electron chi connectivity index (χ1n) is 9.42. The summed E-state index contributed by atoms with van der Waals surface area (Å²) in [5, 5.41) is 9.02. The number of carboxylic acids is 1. The van der Waals surface area contributed by atoms with Crippen LogP contribution >= 0.6 is 0 Å². The third-order valence-corrected chi connectivity index (χ3v) is 4.55. The molecule has 0 unspecified atom stereocenters. The van der Waals surface area contributed by atoms with Crippen molar-refractivity contribution in [1.82, 2.24) is 9.97 Å². The van der Waals surface area contributed by atoms with Gasteiger partial charge in [-0.1, -0.05) is 64.7 Å². The maximum atomic E-state index is 11.0. The Morgan fingerprint density at radius 1 is 1.00 bits per heavy atom. The topological polar surface area (TPSA) is 66.0 Å². The summed E-state index contributed by atoms with van der Waals surface area (Å²) in [7, 11) is 0. The SMILES string of the molecule is CCCCCCCCCCCCc1nc2ccc(C(=O)O)cc2[nH]1. The zero-order valence-electron chi connectivity index (χ0n) is 14.8. The molecule has 0 aliphatic heterocycles. The number of hydrogen-bond acceptors (Lipinski definition) is 2. The van der Waals surface area contributed by atoms with Crippen molar-refractivity contribution in [3.8, 4) is 0 Å². The molecule has 4 nitrogen and oxygen atoms in total. The molecule has 1 aromatic heterocycles. The van der Waals surface area contributed by atoms with E-state index in [1.165, 1.54) is 57.8 Å². The van der Waals surface area contributed by atoms with Crippen LogP contribution in [0, 0.1) is 0 Å². The largest absolute Gasteiger partial charge is 0.478 e. The van der Waals surface area contributed by atoms with E-state index in [1.807, 2.05) is 0 Å². The first-order valence-corrected chi connectivity index (χ1v) is 9.42. The van der Waals surface area contributed by atoms with Gasteiger partial charge >= 0.3 is 5.97 Å². The molecule has 0 atom stereocenters. The number of carbonyl (C=O) groups is 1. The van der Waals surface area contributed by atoms with Crippen molar-refractivity contribution in [1.29, 1.82) is 0 Å². The van der Waals surface area contributed by atoms with Crippen LogP contribution in [0.3, 0.4) is 0 Å². The molecule has 0 fully saturated rings. The average molecular weight is 330 g/mol. The molecule has 2 aromatic rings. The van der Waals surface area contributed by atoms with Crippen molar-refractivity contribution in [2.45, 2.75) is 77.6 Å². The molecule has 2 N–H and O–H groups in total. The zero-order valence-corrected chi connectivity index (χ0v) is 14.8. The summed E-state index contributed by atoms with van der Waals surface area (Å²) in [6.07, 6.45) is 14.2. The third kappa shape index (κ3) is 5.99. The Balaban J connectivity index is 1.62. The van der Waals surface area contributed by atoms with Gasteiger partial charge in [0.05, 0.1) is 16.6 Å². The van der Waals surface area contributed by atoms with Gasteiger partial charge < -0.3 is 10.1 Å². The molecule has 2 rings (SSSR count). The van der Waals surface area contributed by atoms with Gasteiger partial charge in [-0.05, 0) is 24.6 Å². The Labute approximate surface area is 144 Å². The van der Waals surface area contributed by atoms with E-state index in [9.17, 15) is 4.79 Å². The summed E-state index contributed by atoms with van der Waals surface area (Å²) in [5.41, 5.74) is 1.97. The lowest BCUT2D eigenvalue weighted by molar-refractivity contribution is 0.0697. The van der Waals surface area contributed by atoms with Crippen LogP contribution in [0.2, 0.25) is 0 Å². The highest BCUT2D eigenvalue weighted by Gasteiger charge is 2.07. The monoisotopic (exact) mass is 330 g/mol. The molecule has 0 saturated carbocycles. The minimum Gasteiger partial charge on any atom is -0.478 e. The number of aromatic amines is 1. The Morgan fingerprint density at radius 3 is 2.25 bits per heavy atom. The highest BCUT2D eigenvalue weighted by atomic mass is 16.4. The predicted octanol–water partition coefficient (Wildman–Crippen LogP) is 5.72. The van der Waals surface area contributed by atoms with Crippen molar-refractivity contribution in [3.63, 3.8) is 0 Å². The fourth-order valence-electron chi connectivity index (χ4n) is 3.09. The molecular weight excluding hydrogens is 300 g/mol. The van der Waals surface area contributed by atoms with E-state index in [0.717, 1.165) is 29.7 Å². The van der Waals surface area contributed by atoms with Crippen LogP contribution in [0.5, 0.6) is 0 Å². The number of rotatable bonds is 12. The Morgan fingerprint density at radius 2 is 1.62 bits per heavy atom. The van der Waals surface area contributed by atoms with Crippen molar-refractivity contribution in [3.05, 3.63) is 29.6 Å². The standard InChI is InChI=1S/C20H30N2O2/c1-2-3-4-5-6-7-8-9-10-11-12-19-21-17-14-13-16(20(23)24)15-18(17)22-19/h13-15H,2-12H2,1H3,(H,21,22)(H,23,24). The number of imidazole rings is 1. The second-order valence-corrected chi connectivity index (χ2v) is 6.65. The van der Waals surface area contributed by atoms with Crippen LogP contribution < -0.4 is 0 Å². The summed E-state index contributed by atoms with van der Waals surface area (Å²) in [6.45, 7) is 2.26. The maximum Gasteiger partial charge on any atom is 0.335 e. The van der Waals surface area contributed by atoms with E-state index < -0.39 is 5.97 Å². The minimum atomic E-state index is -0.900. The number of benzene rings is 1. The lowest BCUT2D eigenvalue weighted by Crippen LogP contribution is -1.94. The molecule has 1 aromatic carbocycles. The smallest absolute Gasteiger partial charge is 0.335 e. The summed E-state index contributed by atoms with van der Waals surface area (Å²) in [4.78, 5) is 18.8. The van der Waals surface area contributed by atoms with Crippen LogP contribution in [-0.2, 0) is 6.42 Å². The van der Waals surface area contributed by atoms with Crippen molar-refractivity contribution >= 4 is 17.0 Å². The Bertz CT molecular complexity index is 634. The molecule has 0 amide bonds. The summed E-state index contributed by atoms with van der Waals surface area (Å²) in [5.74, 6) is 0.0647. The molecule has 132 valence electrons. The first-order chi connectivity index (χ1) is 11.7. The number of fused-ring (bicyclic) bond motifs is 1.